The number of halogens is 3. The minimum absolute atomic E-state index is 0.191. The van der Waals surface area contributed by atoms with Gasteiger partial charge >= 0.3 is 6.55 Å². The van der Waals surface area contributed by atoms with Gasteiger partial charge in [-0.2, -0.15) is 8.78 Å². The highest BCUT2D eigenvalue weighted by atomic mass is 35.5. The average molecular weight is 509 g/mol. The first-order valence-electron chi connectivity index (χ1n) is 11.9. The normalized spacial score (nSPS) is 14.4. The largest absolute Gasteiger partial charge is 0.382 e. The van der Waals surface area contributed by atoms with Gasteiger partial charge in [0.05, 0.1) is 11.0 Å². The molecule has 9 heteroatoms. The van der Waals surface area contributed by atoms with Crippen molar-refractivity contribution in [3.05, 3.63) is 77.3 Å². The predicted octanol–water partition coefficient (Wildman–Crippen LogP) is 7.30. The maximum absolute atomic E-state index is 13.9. The van der Waals surface area contributed by atoms with E-state index in [0.29, 0.717) is 40.8 Å². The van der Waals surface area contributed by atoms with Gasteiger partial charge in [0.25, 0.3) is 0 Å². The number of nitrogens with zero attached hydrogens (tertiary/aromatic N) is 3. The van der Waals surface area contributed by atoms with Crippen LogP contribution in [-0.4, -0.2) is 34.4 Å². The number of rotatable bonds is 7. The van der Waals surface area contributed by atoms with E-state index in [1.165, 1.54) is 0 Å². The first-order valence-corrected chi connectivity index (χ1v) is 12.3. The molecule has 2 heterocycles. The number of fused-ring (bicyclic) bond motifs is 1. The lowest BCUT2D eigenvalue weighted by molar-refractivity contribution is 0.0757. The van der Waals surface area contributed by atoms with Crippen molar-refractivity contribution in [1.29, 1.82) is 5.41 Å². The van der Waals surface area contributed by atoms with Crippen LogP contribution in [0.25, 0.3) is 11.0 Å². The highest BCUT2D eigenvalue weighted by molar-refractivity contribution is 6.30. The molecule has 1 aromatic heterocycles. The van der Waals surface area contributed by atoms with Gasteiger partial charge in [0.2, 0.25) is 5.95 Å². The van der Waals surface area contributed by atoms with Crippen LogP contribution in [-0.2, 0) is 0 Å². The van der Waals surface area contributed by atoms with Crippen LogP contribution in [0.15, 0.2) is 66.7 Å². The third-order valence-electron chi connectivity index (χ3n) is 6.45. The molecule has 1 aliphatic rings. The Kier molecular flexibility index (Phi) is 6.78. The van der Waals surface area contributed by atoms with Crippen molar-refractivity contribution in [2.24, 2.45) is 0 Å². The van der Waals surface area contributed by atoms with Crippen molar-refractivity contribution in [2.45, 2.75) is 32.4 Å². The van der Waals surface area contributed by atoms with Crippen molar-refractivity contribution >= 4 is 51.4 Å². The molecule has 5 rings (SSSR count). The van der Waals surface area contributed by atoms with Gasteiger partial charge < -0.3 is 20.9 Å². The maximum Gasteiger partial charge on any atom is 0.321 e. The Hall–Kier alpha value is -3.65. The zero-order valence-corrected chi connectivity index (χ0v) is 20.6. The highest BCUT2D eigenvalue weighted by Gasteiger charge is 2.26. The van der Waals surface area contributed by atoms with Crippen molar-refractivity contribution < 1.29 is 8.78 Å². The number of nitrogens with one attached hydrogen (secondary N) is 3. The summed E-state index contributed by atoms with van der Waals surface area (Å²) in [6.07, 6.45) is 1.57. The average Bonchev–Trinajstić information content (AvgIpc) is 3.25. The summed E-state index contributed by atoms with van der Waals surface area (Å²) in [4.78, 5) is 6.44. The molecule has 0 amide bonds. The summed E-state index contributed by atoms with van der Waals surface area (Å²) in [6, 6.07) is 20.6. The minimum atomic E-state index is -2.65. The Bertz CT molecular complexity index is 1390. The predicted molar refractivity (Wildman–Crippen MR) is 144 cm³/mol. The lowest BCUT2D eigenvalue weighted by atomic mass is 10.0. The number of alkyl halides is 2. The Morgan fingerprint density at radius 3 is 2.53 bits per heavy atom. The fourth-order valence-electron chi connectivity index (χ4n) is 4.68. The van der Waals surface area contributed by atoms with Gasteiger partial charge in [-0.3, -0.25) is 4.57 Å². The first kappa shape index (κ1) is 24.1. The van der Waals surface area contributed by atoms with E-state index in [2.05, 4.69) is 15.6 Å². The number of piperidine rings is 1. The molecule has 0 unspecified atom stereocenters. The standard InChI is InChI=1S/C27H27ClF2N6/c1-17(31)22-16-21(9-10-23(22)33-20-6-4-5-18(28)15-20)32-19-11-13-35(14-12-19)27-34-24-7-2-3-8-25(24)36(27)26(29)30/h2-10,15-16,19,26,31-33H,11-14H2,1H3. The second kappa shape index (κ2) is 10.1. The summed E-state index contributed by atoms with van der Waals surface area (Å²) in [7, 11) is 0. The van der Waals surface area contributed by atoms with Gasteiger partial charge in [0, 0.05) is 52.5 Å². The van der Waals surface area contributed by atoms with Gasteiger partial charge in [-0.25, -0.2) is 4.98 Å². The lowest BCUT2D eigenvalue weighted by Crippen LogP contribution is -2.40. The molecule has 1 aliphatic heterocycles. The van der Waals surface area contributed by atoms with Crippen LogP contribution in [0.5, 0.6) is 0 Å². The van der Waals surface area contributed by atoms with Crippen LogP contribution in [0, 0.1) is 5.41 Å². The monoisotopic (exact) mass is 508 g/mol. The quantitative estimate of drug-likeness (QED) is 0.229. The first-order chi connectivity index (χ1) is 17.4. The molecule has 3 N–H and O–H groups in total. The van der Waals surface area contributed by atoms with E-state index in [4.69, 9.17) is 17.0 Å². The number of anilines is 4. The summed E-state index contributed by atoms with van der Waals surface area (Å²) < 4.78 is 28.7. The molecule has 36 heavy (non-hydrogen) atoms. The highest BCUT2D eigenvalue weighted by Crippen LogP contribution is 2.31. The van der Waals surface area contributed by atoms with Gasteiger partial charge in [-0.15, -0.1) is 0 Å². The molecule has 0 spiro atoms. The van der Waals surface area contributed by atoms with Crippen molar-refractivity contribution in [3.8, 4) is 0 Å². The summed E-state index contributed by atoms with van der Waals surface area (Å²) >= 11 is 6.10. The Morgan fingerprint density at radius 1 is 1.03 bits per heavy atom. The van der Waals surface area contributed by atoms with Gasteiger partial charge in [0.1, 0.15) is 0 Å². The smallest absolute Gasteiger partial charge is 0.321 e. The van der Waals surface area contributed by atoms with E-state index in [1.807, 2.05) is 53.4 Å². The molecule has 0 aliphatic carbocycles. The molecule has 0 radical (unpaired) electrons. The van der Waals surface area contributed by atoms with E-state index in [-0.39, 0.29) is 6.04 Å². The summed E-state index contributed by atoms with van der Waals surface area (Å²) in [6.45, 7) is 0.359. The third kappa shape index (κ3) is 4.99. The maximum atomic E-state index is 13.9. The second-order valence-corrected chi connectivity index (χ2v) is 9.41. The zero-order chi connectivity index (χ0) is 25.2. The number of aromatic nitrogens is 2. The van der Waals surface area contributed by atoms with Crippen LogP contribution in [0.1, 0.15) is 31.9 Å². The zero-order valence-electron chi connectivity index (χ0n) is 19.8. The summed E-state index contributed by atoms with van der Waals surface area (Å²) in [5.41, 5.74) is 4.88. The summed E-state index contributed by atoms with van der Waals surface area (Å²) in [5.74, 6) is 0.322. The van der Waals surface area contributed by atoms with E-state index in [1.54, 1.807) is 25.1 Å². The van der Waals surface area contributed by atoms with E-state index < -0.39 is 6.55 Å². The SMILES string of the molecule is CC(=N)c1cc(NC2CCN(c3nc4ccccc4n3C(F)F)CC2)ccc1Nc1cccc(Cl)c1. The Morgan fingerprint density at radius 2 is 1.81 bits per heavy atom. The molecule has 4 aromatic rings. The molecular formula is C27H27ClF2N6. The minimum Gasteiger partial charge on any atom is -0.382 e. The fraction of sp³-hybridized carbons (Fsp3) is 0.259. The number of para-hydroxylation sites is 2. The number of hydrogen-bond acceptors (Lipinski definition) is 5. The van der Waals surface area contributed by atoms with Crippen molar-refractivity contribution in [3.63, 3.8) is 0 Å². The van der Waals surface area contributed by atoms with Gasteiger partial charge in [0.15, 0.2) is 0 Å². The number of imidazole rings is 1. The van der Waals surface area contributed by atoms with E-state index >= 15 is 0 Å². The van der Waals surface area contributed by atoms with E-state index in [9.17, 15) is 8.78 Å². The Labute approximate surface area is 213 Å². The molecular weight excluding hydrogens is 482 g/mol. The van der Waals surface area contributed by atoms with Crippen LogP contribution in [0.4, 0.5) is 31.8 Å². The number of benzene rings is 3. The van der Waals surface area contributed by atoms with Crippen LogP contribution in [0.2, 0.25) is 5.02 Å². The molecule has 3 aromatic carbocycles. The molecule has 1 fully saturated rings. The molecule has 186 valence electrons. The summed E-state index contributed by atoms with van der Waals surface area (Å²) in [5, 5.41) is 15.8. The Balaban J connectivity index is 1.28. The van der Waals surface area contributed by atoms with Gasteiger partial charge in [-0.05, 0) is 68.3 Å². The lowest BCUT2D eigenvalue weighted by Gasteiger charge is -2.33. The van der Waals surface area contributed by atoms with Crippen LogP contribution in [0.3, 0.4) is 0 Å². The molecule has 6 nitrogen and oxygen atoms in total. The van der Waals surface area contributed by atoms with Crippen LogP contribution < -0.4 is 15.5 Å². The van der Waals surface area contributed by atoms with Crippen molar-refractivity contribution in [1.82, 2.24) is 9.55 Å². The van der Waals surface area contributed by atoms with E-state index in [0.717, 1.165) is 40.0 Å². The van der Waals surface area contributed by atoms with Gasteiger partial charge in [-0.1, -0.05) is 29.8 Å². The van der Waals surface area contributed by atoms with Crippen LogP contribution >= 0.6 is 11.6 Å². The molecule has 0 saturated carbocycles. The molecule has 0 bridgehead atoms. The molecule has 1 saturated heterocycles. The molecule has 0 atom stereocenters. The van der Waals surface area contributed by atoms with Crippen molar-refractivity contribution in [2.75, 3.05) is 28.6 Å². The number of hydrogen-bond donors (Lipinski definition) is 3. The topological polar surface area (TPSA) is 69.0 Å². The second-order valence-electron chi connectivity index (χ2n) is 8.97. The fourth-order valence-corrected chi connectivity index (χ4v) is 4.87. The third-order valence-corrected chi connectivity index (χ3v) is 6.68.